The van der Waals surface area contributed by atoms with Gasteiger partial charge in [0.05, 0.1) is 13.2 Å². The molecule has 0 saturated heterocycles. The molecule has 23 heavy (non-hydrogen) atoms. The molecule has 2 rings (SSSR count). The summed E-state index contributed by atoms with van der Waals surface area (Å²) < 4.78 is 10.8. The van der Waals surface area contributed by atoms with Crippen molar-refractivity contribution in [1.29, 1.82) is 0 Å². The number of hydrogen-bond donors (Lipinski definition) is 1. The van der Waals surface area contributed by atoms with Gasteiger partial charge in [-0.05, 0) is 49.6 Å². The van der Waals surface area contributed by atoms with Gasteiger partial charge >= 0.3 is 0 Å². The minimum atomic E-state index is -0.143. The predicted molar refractivity (Wildman–Crippen MR) is 91.0 cm³/mol. The average molecular weight is 313 g/mol. The van der Waals surface area contributed by atoms with Gasteiger partial charge in [-0.1, -0.05) is 30.3 Å². The fourth-order valence-electron chi connectivity index (χ4n) is 2.42. The molecule has 122 valence electrons. The Kier molecular flexibility index (Phi) is 5.63. The predicted octanol–water partition coefficient (Wildman–Crippen LogP) is 3.57. The third kappa shape index (κ3) is 4.49. The van der Waals surface area contributed by atoms with Crippen molar-refractivity contribution in [2.75, 3.05) is 13.7 Å². The Balaban J connectivity index is 1.91. The molecule has 0 fully saturated rings. The summed E-state index contributed by atoms with van der Waals surface area (Å²) in [7, 11) is 1.63. The molecule has 2 aromatic rings. The zero-order valence-electron chi connectivity index (χ0n) is 14.1. The molecule has 4 nitrogen and oxygen atoms in total. The highest BCUT2D eigenvalue weighted by atomic mass is 16.5. The molecule has 1 atom stereocenters. The molecule has 0 radical (unpaired) electrons. The van der Waals surface area contributed by atoms with Gasteiger partial charge in [0, 0.05) is 0 Å². The molecule has 0 aliphatic carbocycles. The second-order valence-corrected chi connectivity index (χ2v) is 5.57. The summed E-state index contributed by atoms with van der Waals surface area (Å²) in [5.41, 5.74) is 3.08. The number of nitrogens with one attached hydrogen (secondary N) is 1. The van der Waals surface area contributed by atoms with Crippen LogP contribution >= 0.6 is 0 Å². The van der Waals surface area contributed by atoms with Crippen molar-refractivity contribution in [1.82, 2.24) is 5.32 Å². The summed E-state index contributed by atoms with van der Waals surface area (Å²) in [6.45, 7) is 5.89. The lowest BCUT2D eigenvalue weighted by molar-refractivity contribution is -0.123. The van der Waals surface area contributed by atoms with E-state index in [0.29, 0.717) is 0 Å². The molecule has 4 heteroatoms. The number of para-hydroxylation sites is 1. The highest BCUT2D eigenvalue weighted by Crippen LogP contribution is 2.22. The topological polar surface area (TPSA) is 47.6 Å². The largest absolute Gasteiger partial charge is 0.497 e. The first kappa shape index (κ1) is 16.9. The van der Waals surface area contributed by atoms with Gasteiger partial charge in [0.1, 0.15) is 11.5 Å². The lowest BCUT2D eigenvalue weighted by Crippen LogP contribution is -2.31. The van der Waals surface area contributed by atoms with E-state index in [4.69, 9.17) is 9.47 Å². The normalized spacial score (nSPS) is 11.7. The van der Waals surface area contributed by atoms with Crippen LogP contribution in [0.4, 0.5) is 0 Å². The Morgan fingerprint density at radius 3 is 2.26 bits per heavy atom. The van der Waals surface area contributed by atoms with Crippen LogP contribution in [-0.2, 0) is 4.79 Å². The maximum atomic E-state index is 12.1. The van der Waals surface area contributed by atoms with Gasteiger partial charge in [-0.2, -0.15) is 0 Å². The van der Waals surface area contributed by atoms with Crippen LogP contribution in [0.15, 0.2) is 42.5 Å². The number of hydrogen-bond acceptors (Lipinski definition) is 3. The summed E-state index contributed by atoms with van der Waals surface area (Å²) in [6.07, 6.45) is 0. The van der Waals surface area contributed by atoms with Crippen LogP contribution in [0.2, 0.25) is 0 Å². The first-order valence-electron chi connectivity index (χ1n) is 7.63. The molecule has 0 aliphatic heterocycles. The summed E-state index contributed by atoms with van der Waals surface area (Å²) in [5, 5.41) is 2.94. The van der Waals surface area contributed by atoms with Crippen LogP contribution < -0.4 is 14.8 Å². The van der Waals surface area contributed by atoms with Gasteiger partial charge < -0.3 is 14.8 Å². The van der Waals surface area contributed by atoms with E-state index in [1.165, 1.54) is 0 Å². The van der Waals surface area contributed by atoms with E-state index in [0.717, 1.165) is 28.2 Å². The number of carbonyl (C=O) groups excluding carboxylic acids is 1. The van der Waals surface area contributed by atoms with E-state index >= 15 is 0 Å². The monoisotopic (exact) mass is 313 g/mol. The van der Waals surface area contributed by atoms with Crippen LogP contribution in [0.3, 0.4) is 0 Å². The first-order valence-corrected chi connectivity index (χ1v) is 7.63. The fourth-order valence-corrected chi connectivity index (χ4v) is 2.42. The molecular weight excluding hydrogens is 290 g/mol. The second-order valence-electron chi connectivity index (χ2n) is 5.57. The number of ether oxygens (including phenoxy) is 2. The fraction of sp³-hybridized carbons (Fsp3) is 0.316. The highest BCUT2D eigenvalue weighted by molar-refractivity contribution is 5.78. The summed E-state index contributed by atoms with van der Waals surface area (Å²) in [6, 6.07) is 13.5. The maximum Gasteiger partial charge on any atom is 0.258 e. The van der Waals surface area contributed by atoms with Gasteiger partial charge in [-0.25, -0.2) is 0 Å². The van der Waals surface area contributed by atoms with E-state index < -0.39 is 0 Å². The Hall–Kier alpha value is -2.49. The van der Waals surface area contributed by atoms with Crippen molar-refractivity contribution in [3.05, 3.63) is 59.2 Å². The lowest BCUT2D eigenvalue weighted by atomic mass is 10.1. The number of aryl methyl sites for hydroxylation is 2. The Morgan fingerprint density at radius 1 is 1.09 bits per heavy atom. The molecule has 0 spiro atoms. The van der Waals surface area contributed by atoms with Crippen molar-refractivity contribution in [2.45, 2.75) is 26.8 Å². The van der Waals surface area contributed by atoms with Crippen LogP contribution in [-0.4, -0.2) is 19.6 Å². The van der Waals surface area contributed by atoms with Gasteiger partial charge in [0.15, 0.2) is 6.61 Å². The van der Waals surface area contributed by atoms with E-state index in [9.17, 15) is 4.79 Å². The second kappa shape index (κ2) is 7.68. The van der Waals surface area contributed by atoms with E-state index in [1.807, 2.05) is 63.2 Å². The lowest BCUT2D eigenvalue weighted by Gasteiger charge is -2.16. The minimum Gasteiger partial charge on any atom is -0.497 e. The molecule has 1 amide bonds. The van der Waals surface area contributed by atoms with Crippen LogP contribution in [0.1, 0.15) is 29.7 Å². The number of rotatable bonds is 6. The first-order chi connectivity index (χ1) is 11.0. The molecule has 1 unspecified atom stereocenters. The molecule has 0 bridgehead atoms. The summed E-state index contributed by atoms with van der Waals surface area (Å²) >= 11 is 0. The van der Waals surface area contributed by atoms with E-state index in [-0.39, 0.29) is 18.6 Å². The van der Waals surface area contributed by atoms with Crippen molar-refractivity contribution in [3.63, 3.8) is 0 Å². The van der Waals surface area contributed by atoms with Crippen molar-refractivity contribution in [3.8, 4) is 11.5 Å². The van der Waals surface area contributed by atoms with Crippen LogP contribution in [0.25, 0.3) is 0 Å². The van der Waals surface area contributed by atoms with Crippen LogP contribution in [0, 0.1) is 13.8 Å². The Morgan fingerprint density at radius 2 is 1.70 bits per heavy atom. The molecular formula is C19H23NO3. The molecule has 0 saturated carbocycles. The van der Waals surface area contributed by atoms with Crippen molar-refractivity contribution in [2.24, 2.45) is 0 Å². The molecule has 1 N–H and O–H groups in total. The quantitative estimate of drug-likeness (QED) is 0.887. The highest BCUT2D eigenvalue weighted by Gasteiger charge is 2.11. The molecule has 2 aromatic carbocycles. The molecule has 0 aromatic heterocycles. The van der Waals surface area contributed by atoms with Gasteiger partial charge in [0.2, 0.25) is 0 Å². The number of carbonyl (C=O) groups is 1. The zero-order chi connectivity index (χ0) is 16.8. The maximum absolute atomic E-state index is 12.1. The third-order valence-electron chi connectivity index (χ3n) is 3.75. The van der Waals surface area contributed by atoms with Gasteiger partial charge in [-0.3, -0.25) is 4.79 Å². The SMILES string of the molecule is COc1ccc(C(C)NC(=O)COc2c(C)cccc2C)cc1. The molecule has 0 aliphatic rings. The van der Waals surface area contributed by atoms with Gasteiger partial charge in [0.25, 0.3) is 5.91 Å². The van der Waals surface area contributed by atoms with Crippen molar-refractivity contribution < 1.29 is 14.3 Å². The molecule has 0 heterocycles. The number of methoxy groups -OCH3 is 1. The number of benzene rings is 2. The third-order valence-corrected chi connectivity index (χ3v) is 3.75. The Labute approximate surface area is 137 Å². The zero-order valence-corrected chi connectivity index (χ0v) is 14.1. The van der Waals surface area contributed by atoms with Crippen molar-refractivity contribution >= 4 is 5.91 Å². The van der Waals surface area contributed by atoms with Crippen LogP contribution in [0.5, 0.6) is 11.5 Å². The Bertz CT molecular complexity index is 645. The standard InChI is InChI=1S/C19H23NO3/c1-13-6-5-7-14(2)19(13)23-12-18(21)20-15(3)16-8-10-17(22-4)11-9-16/h5-11,15H,12H2,1-4H3,(H,20,21). The van der Waals surface area contributed by atoms with E-state index in [1.54, 1.807) is 7.11 Å². The smallest absolute Gasteiger partial charge is 0.258 e. The average Bonchev–Trinajstić information content (AvgIpc) is 2.54. The summed E-state index contributed by atoms with van der Waals surface area (Å²) in [5.74, 6) is 1.43. The summed E-state index contributed by atoms with van der Waals surface area (Å²) in [4.78, 5) is 12.1. The van der Waals surface area contributed by atoms with E-state index in [2.05, 4.69) is 5.32 Å². The number of amides is 1. The van der Waals surface area contributed by atoms with Gasteiger partial charge in [-0.15, -0.1) is 0 Å². The minimum absolute atomic E-state index is 0.00614.